The Balaban J connectivity index is 1.97. The lowest BCUT2D eigenvalue weighted by Gasteiger charge is -2.32. The number of nitrogens with two attached hydrogens (primary N) is 2. The highest BCUT2D eigenvalue weighted by Crippen LogP contribution is 2.20. The molecule has 24 N–H and O–H groups in total. The van der Waals surface area contributed by atoms with Crippen molar-refractivity contribution in [1.82, 2.24) is 79.8 Å². The van der Waals surface area contributed by atoms with E-state index in [2.05, 4.69) is 79.8 Å². The fraction of sp³-hybridized carbons (Fsp3) is 0.611. The van der Waals surface area contributed by atoms with Gasteiger partial charge in [-0.3, -0.25) is 77.3 Å². The van der Waals surface area contributed by atoms with Crippen LogP contribution in [0.3, 0.4) is 0 Å². The maximum absolute atomic E-state index is 14.8. The van der Waals surface area contributed by atoms with E-state index in [9.17, 15) is 97.1 Å². The number of phenols is 1. The maximum atomic E-state index is 14.8. The molecular formula is C90H142N18O20. The van der Waals surface area contributed by atoms with E-state index in [1.54, 1.807) is 127 Å². The van der Waals surface area contributed by atoms with Crippen molar-refractivity contribution in [3.05, 3.63) is 102 Å². The first kappa shape index (κ1) is 110. The largest absolute Gasteiger partial charge is 0.508 e. The lowest BCUT2D eigenvalue weighted by molar-refractivity contribution is -0.144. The molecule has 3 aromatic rings. The van der Waals surface area contributed by atoms with Crippen molar-refractivity contribution < 1.29 is 97.1 Å². The molecule has 0 aromatic heterocycles. The molecule has 0 saturated carbocycles. The fourth-order valence-electron chi connectivity index (χ4n) is 13.7. The Bertz CT molecular complexity index is 4170. The van der Waals surface area contributed by atoms with E-state index in [-0.39, 0.29) is 87.8 Å². The molecule has 0 aliphatic rings. The first-order valence-corrected chi connectivity index (χ1v) is 44.1. The first-order valence-electron chi connectivity index (χ1n) is 44.1. The lowest BCUT2D eigenvalue weighted by atomic mass is 9.93. The molecule has 38 heteroatoms. The van der Waals surface area contributed by atoms with E-state index in [0.29, 0.717) is 24.0 Å². The molecule has 0 aliphatic heterocycles. The van der Waals surface area contributed by atoms with Crippen molar-refractivity contribution in [2.24, 2.45) is 58.8 Å². The van der Waals surface area contributed by atoms with Crippen molar-refractivity contribution in [1.29, 1.82) is 5.41 Å². The second-order valence-electron chi connectivity index (χ2n) is 35.1. The van der Waals surface area contributed by atoms with Gasteiger partial charge in [-0.05, 0) is 129 Å². The van der Waals surface area contributed by atoms with Crippen LogP contribution in [0.5, 0.6) is 5.75 Å². The molecule has 0 spiro atoms. The molecule has 14 amide bonds. The van der Waals surface area contributed by atoms with Gasteiger partial charge in [-0.1, -0.05) is 203 Å². The quantitative estimate of drug-likeness (QED) is 0.0215. The predicted molar refractivity (Wildman–Crippen MR) is 480 cm³/mol. The van der Waals surface area contributed by atoms with E-state index >= 15 is 0 Å². The van der Waals surface area contributed by atoms with Crippen LogP contribution in [0, 0.1) is 52.8 Å². The summed E-state index contributed by atoms with van der Waals surface area (Å²) in [6.45, 7) is 29.5. The van der Waals surface area contributed by atoms with Gasteiger partial charge < -0.3 is 112 Å². The van der Waals surface area contributed by atoms with Crippen LogP contribution in [0.25, 0.3) is 0 Å². The van der Waals surface area contributed by atoms with Gasteiger partial charge in [0.15, 0.2) is 5.96 Å². The number of carboxylic acids is 2. The molecule has 3 aromatic carbocycles. The molecule has 128 heavy (non-hydrogen) atoms. The molecule has 0 saturated heterocycles. The van der Waals surface area contributed by atoms with Crippen LogP contribution >= 0.6 is 0 Å². The van der Waals surface area contributed by atoms with Gasteiger partial charge in [0.05, 0.1) is 18.6 Å². The predicted octanol–water partition coefficient (Wildman–Crippen LogP) is 1.35. The number of rotatable bonds is 56. The summed E-state index contributed by atoms with van der Waals surface area (Å²) in [6.07, 6.45) is -2.60. The summed E-state index contributed by atoms with van der Waals surface area (Å²) >= 11 is 0. The summed E-state index contributed by atoms with van der Waals surface area (Å²) in [6, 6.07) is 1.71. The number of aliphatic hydroxyl groups is 1. The molecule has 0 unspecified atom stereocenters. The number of guanidine groups is 1. The summed E-state index contributed by atoms with van der Waals surface area (Å²) in [4.78, 5) is 226. The van der Waals surface area contributed by atoms with Crippen LogP contribution in [-0.4, -0.2) is 224 Å². The molecule has 19 atom stereocenters. The minimum atomic E-state index is -2.03. The van der Waals surface area contributed by atoms with E-state index in [0.717, 1.165) is 12.5 Å². The Morgan fingerprint density at radius 3 is 1.08 bits per heavy atom. The maximum Gasteiger partial charge on any atom is 0.326 e. The number of phenolic OH excluding ortho intramolecular Hbond substituents is 1. The third-order valence-electron chi connectivity index (χ3n) is 21.9. The summed E-state index contributed by atoms with van der Waals surface area (Å²) in [7, 11) is 0. The standard InChI is InChI=1S/C90H142N18O20/c1-19-51(14)71(106-87(125)73(53(16)21-3)105-83(121)66(43-57-31-26-23-27-32-57)97-76(114)60(91)42-56-29-24-22-25-30-56)85(123)101-63(40-47(6)7)79(117)99-64(41-48(8)9)82(120)108-74(55(18)109)88(126)107-72(52(15)20-2)86(124)102-67(45-68(111)112)81(119)96-61(33-28-38-94-90(92)93)77(115)100-65(44-58-34-36-59(110)37-35-58)80(118)98-62(39-46(4)5)78(116)95-54(17)75(113)103-69(49(10)11)84(122)104-70(50(12)13)89(127)128/h22-27,29-32,34-37,46-55,60-67,69-74,109-110H,19-21,28,33,38-45,91H2,1-18H3,(H,95,116)(H,96,119)(H,97,114)(H,98,118)(H,99,117)(H,100,115)(H,101,123)(H,102,124)(H,103,113)(H,104,122)(H,105,121)(H,106,125)(H,107,126)(H,108,120)(H,111,112)(H,127,128)(H4,92,93,94)/t51-,52-,53-,54-,55+,60-,61-,62-,63-,64-,65-,66-,67-,69-,70-,71-,72-,73-,74-/m0/s1. The molecule has 3 rings (SSSR count). The molecule has 0 bridgehead atoms. The molecule has 0 radical (unpaired) electrons. The number of aliphatic carboxylic acids is 2. The van der Waals surface area contributed by atoms with Gasteiger partial charge in [-0.15, -0.1) is 0 Å². The Labute approximate surface area is 750 Å². The molecule has 0 aliphatic carbocycles. The Kier molecular flexibility index (Phi) is 47.4. The number of carbonyl (C=O) groups excluding carboxylic acids is 14. The molecular weight excluding hydrogens is 1650 g/mol. The highest BCUT2D eigenvalue weighted by molar-refractivity contribution is 6.01. The average Bonchev–Trinajstić information content (AvgIpc) is 0.833. The topological polar surface area (TPSA) is 610 Å². The molecule has 38 nitrogen and oxygen atoms in total. The number of carboxylic acid groups (broad SMARTS) is 2. The minimum absolute atomic E-state index is 0.000157. The van der Waals surface area contributed by atoms with E-state index in [4.69, 9.17) is 16.9 Å². The average molecular weight is 1800 g/mol. The van der Waals surface area contributed by atoms with Crippen LogP contribution in [0.2, 0.25) is 0 Å². The molecule has 0 heterocycles. The van der Waals surface area contributed by atoms with Gasteiger partial charge in [0.2, 0.25) is 82.7 Å². The van der Waals surface area contributed by atoms with Crippen LogP contribution in [0.15, 0.2) is 84.9 Å². The van der Waals surface area contributed by atoms with Gasteiger partial charge in [0.25, 0.3) is 0 Å². The first-order chi connectivity index (χ1) is 60.0. The van der Waals surface area contributed by atoms with Crippen molar-refractivity contribution in [3.8, 4) is 5.75 Å². The Hall–Kier alpha value is -11.8. The number of amides is 14. The van der Waals surface area contributed by atoms with Crippen LogP contribution in [0.4, 0.5) is 0 Å². The number of benzene rings is 3. The molecule has 712 valence electrons. The summed E-state index contributed by atoms with van der Waals surface area (Å²) < 4.78 is 0. The summed E-state index contributed by atoms with van der Waals surface area (Å²) in [5.74, 6) is -20.3. The minimum Gasteiger partial charge on any atom is -0.508 e. The van der Waals surface area contributed by atoms with Gasteiger partial charge in [0, 0.05) is 19.4 Å². The van der Waals surface area contributed by atoms with Crippen molar-refractivity contribution in [2.45, 2.75) is 298 Å². The van der Waals surface area contributed by atoms with E-state index < -0.39 is 233 Å². The van der Waals surface area contributed by atoms with Gasteiger partial charge in [-0.2, -0.15) is 0 Å². The van der Waals surface area contributed by atoms with Crippen molar-refractivity contribution in [2.75, 3.05) is 6.54 Å². The Morgan fingerprint density at radius 2 is 0.664 bits per heavy atom. The number of hydrogen-bond donors (Lipinski definition) is 22. The van der Waals surface area contributed by atoms with Crippen LogP contribution < -0.4 is 91.2 Å². The highest BCUT2D eigenvalue weighted by Gasteiger charge is 2.42. The van der Waals surface area contributed by atoms with E-state index in [1.165, 1.54) is 38.1 Å². The van der Waals surface area contributed by atoms with Crippen LogP contribution in [-0.2, 0) is 96.0 Å². The number of aliphatic hydroxyl groups excluding tert-OH is 1. The van der Waals surface area contributed by atoms with E-state index in [1.807, 2.05) is 37.3 Å². The zero-order chi connectivity index (χ0) is 96.7. The fourth-order valence-corrected chi connectivity index (χ4v) is 13.7. The normalized spacial score (nSPS) is 15.9. The second-order valence-corrected chi connectivity index (χ2v) is 35.1. The van der Waals surface area contributed by atoms with Gasteiger partial charge >= 0.3 is 11.9 Å². The number of nitrogens with one attached hydrogen (secondary N) is 16. The number of carbonyl (C=O) groups is 16. The number of hydrogen-bond acceptors (Lipinski definition) is 20. The third-order valence-corrected chi connectivity index (χ3v) is 21.9. The third kappa shape index (κ3) is 38.4. The second kappa shape index (κ2) is 55.0. The monoisotopic (exact) mass is 1800 g/mol. The van der Waals surface area contributed by atoms with Crippen molar-refractivity contribution in [3.63, 3.8) is 0 Å². The lowest BCUT2D eigenvalue weighted by Crippen LogP contribution is -2.63. The highest BCUT2D eigenvalue weighted by atomic mass is 16.4. The molecule has 0 fully saturated rings. The number of aromatic hydroxyl groups is 1. The van der Waals surface area contributed by atoms with Crippen LogP contribution in [0.1, 0.15) is 199 Å². The van der Waals surface area contributed by atoms with Crippen molar-refractivity contribution >= 4 is 101 Å². The smallest absolute Gasteiger partial charge is 0.326 e. The summed E-state index contributed by atoms with van der Waals surface area (Å²) in [5, 5.41) is 88.4. The van der Waals surface area contributed by atoms with Gasteiger partial charge in [-0.25, -0.2) is 4.79 Å². The SMILES string of the molecule is CC[C@H](C)[C@H](NC(=O)[C@H](Cc1ccccc1)NC(=O)[C@@H](N)Cc1ccccc1)C(=O)N[C@H](C(=O)N[C@@H](CC(C)C)C(=O)N[C@@H](CC(C)C)C(=O)N[C@H](C(=O)N[C@H](C(=O)N[C@@H](CC(=O)O)C(=O)N[C@@H](CCCNC(=N)N)C(=O)N[C@@H](Cc1ccc(O)cc1)C(=O)N[C@@H](CC(C)C)C(=O)N[C@@H](C)C(=O)N[C@H](C(=O)N[C@H](C(=O)O)C(C)C)C(C)C)[C@@H](C)CC)[C@@H](C)O)[C@@H](C)CC. The summed E-state index contributed by atoms with van der Waals surface area (Å²) in [5.41, 5.74) is 13.8. The van der Waals surface area contributed by atoms with Gasteiger partial charge in [0.1, 0.15) is 90.3 Å². The zero-order valence-corrected chi connectivity index (χ0v) is 77.1. The zero-order valence-electron chi connectivity index (χ0n) is 77.1. The Morgan fingerprint density at radius 1 is 0.352 bits per heavy atom.